The van der Waals surface area contributed by atoms with Crippen LogP contribution in [0.2, 0.25) is 0 Å². The zero-order valence-electron chi connectivity index (χ0n) is 19.3. The molecule has 0 aliphatic carbocycles. The third-order valence-electron chi connectivity index (χ3n) is 5.03. The molecule has 0 bridgehead atoms. The first kappa shape index (κ1) is 30.3. The highest BCUT2D eigenvalue weighted by molar-refractivity contribution is 8.00. The molecule has 4 unspecified atom stereocenters. The number of nitrogens with one attached hydrogen (secondary N) is 1. The number of carboxylic acids is 2. The van der Waals surface area contributed by atoms with Gasteiger partial charge in [-0.1, -0.05) is 6.92 Å². The number of amides is 4. The van der Waals surface area contributed by atoms with E-state index in [2.05, 4.69) is 5.32 Å². The molecule has 0 saturated carbocycles. The van der Waals surface area contributed by atoms with Gasteiger partial charge in [0.05, 0.1) is 50.6 Å². The van der Waals surface area contributed by atoms with E-state index in [1.807, 2.05) is 0 Å². The van der Waals surface area contributed by atoms with Crippen molar-refractivity contribution in [2.75, 3.05) is 38.7 Å². The molecule has 0 spiro atoms. The largest absolute Gasteiger partial charge is 0.481 e. The average Bonchev–Trinajstić information content (AvgIpc) is 2.98. The van der Waals surface area contributed by atoms with E-state index in [1.54, 1.807) is 6.92 Å². The first-order chi connectivity index (χ1) is 16.5. The van der Waals surface area contributed by atoms with Crippen LogP contribution in [0.1, 0.15) is 26.2 Å². The van der Waals surface area contributed by atoms with Crippen LogP contribution < -0.4 is 16.8 Å². The Balaban J connectivity index is 2.47. The van der Waals surface area contributed by atoms with Crippen molar-refractivity contribution in [1.29, 1.82) is 0 Å². The molecule has 1 saturated heterocycles. The van der Waals surface area contributed by atoms with E-state index in [0.29, 0.717) is 0 Å². The van der Waals surface area contributed by atoms with Gasteiger partial charge in [-0.3, -0.25) is 33.7 Å². The van der Waals surface area contributed by atoms with Gasteiger partial charge in [0, 0.05) is 12.2 Å². The summed E-state index contributed by atoms with van der Waals surface area (Å²) in [6.45, 7) is 2.07. The molecular weight excluding hydrogens is 488 g/mol. The van der Waals surface area contributed by atoms with E-state index < -0.39 is 58.8 Å². The molecule has 0 radical (unpaired) electrons. The summed E-state index contributed by atoms with van der Waals surface area (Å²) in [6, 6.07) is -2.34. The highest BCUT2D eigenvalue weighted by atomic mass is 32.2. The predicted molar refractivity (Wildman–Crippen MR) is 122 cm³/mol. The van der Waals surface area contributed by atoms with E-state index in [1.165, 1.54) is 0 Å². The number of carbonyl (C=O) groups excluding carboxylic acids is 4. The summed E-state index contributed by atoms with van der Waals surface area (Å²) >= 11 is 1.02. The normalized spacial score (nSPS) is 19.4. The Morgan fingerprint density at radius 1 is 1.06 bits per heavy atom. The molecule has 198 valence electrons. The molecule has 35 heavy (non-hydrogen) atoms. The smallest absolute Gasteiger partial charge is 0.320 e. The Bertz CT molecular complexity index is 796. The first-order valence-electron chi connectivity index (χ1n) is 10.9. The van der Waals surface area contributed by atoms with Crippen LogP contribution in [0.4, 0.5) is 0 Å². The van der Waals surface area contributed by atoms with Gasteiger partial charge in [-0.25, -0.2) is 0 Å². The first-order valence-corrected chi connectivity index (χ1v) is 11.9. The second-order valence-electron chi connectivity index (χ2n) is 7.75. The number of carboxylic acid groups (broad SMARTS) is 2. The minimum Gasteiger partial charge on any atom is -0.481 e. The van der Waals surface area contributed by atoms with Crippen LogP contribution in [-0.4, -0.2) is 107 Å². The maximum atomic E-state index is 12.7. The SMILES string of the molecule is CC1C(=O)N(CCOCCOCCC(=O)O)C(=O)C1SCC(NC(=O)CCC(N)C(=O)O)C(N)=O. The molecule has 1 heterocycles. The van der Waals surface area contributed by atoms with Crippen molar-refractivity contribution >= 4 is 47.3 Å². The van der Waals surface area contributed by atoms with Crippen LogP contribution in [0.5, 0.6) is 0 Å². The molecule has 1 aliphatic heterocycles. The fraction of sp³-hybridized carbons (Fsp3) is 0.700. The summed E-state index contributed by atoms with van der Waals surface area (Å²) in [7, 11) is 0. The van der Waals surface area contributed by atoms with Gasteiger partial charge in [-0.2, -0.15) is 0 Å². The lowest BCUT2D eigenvalue weighted by atomic mass is 10.1. The average molecular weight is 521 g/mol. The number of primary amides is 1. The molecule has 1 fully saturated rings. The third-order valence-corrected chi connectivity index (χ3v) is 6.53. The fourth-order valence-electron chi connectivity index (χ4n) is 3.00. The van der Waals surface area contributed by atoms with E-state index in [0.717, 1.165) is 16.7 Å². The summed E-state index contributed by atoms with van der Waals surface area (Å²) in [4.78, 5) is 71.1. The highest BCUT2D eigenvalue weighted by Crippen LogP contribution is 2.30. The summed E-state index contributed by atoms with van der Waals surface area (Å²) in [6.07, 6.45) is -0.470. The van der Waals surface area contributed by atoms with Crippen LogP contribution in [0.15, 0.2) is 0 Å². The number of aliphatic carboxylic acids is 2. The monoisotopic (exact) mass is 520 g/mol. The molecule has 4 atom stereocenters. The standard InChI is InChI=1S/C20H32N4O10S/c1-11-16(35-10-13(17(22)28)23-14(25)3-2-12(21)20(31)32)19(30)24(18(11)29)5-7-34-9-8-33-6-4-15(26)27/h11-13,16H,2-10,21H2,1H3,(H2,22,28)(H,23,25)(H,26,27)(H,31,32). The lowest BCUT2D eigenvalue weighted by molar-refractivity contribution is -0.140. The molecule has 1 rings (SSSR count). The van der Waals surface area contributed by atoms with Crippen molar-refractivity contribution in [3.63, 3.8) is 0 Å². The summed E-state index contributed by atoms with van der Waals surface area (Å²) < 4.78 is 10.4. The summed E-state index contributed by atoms with van der Waals surface area (Å²) in [5, 5.41) is 18.9. The Hall–Kier alpha value is -2.75. The lowest BCUT2D eigenvalue weighted by Crippen LogP contribution is -2.47. The number of thioether (sulfide) groups is 1. The number of likely N-dealkylation sites (tertiary alicyclic amines) is 1. The fourth-order valence-corrected chi connectivity index (χ4v) is 4.32. The van der Waals surface area contributed by atoms with Crippen molar-refractivity contribution in [3.05, 3.63) is 0 Å². The molecule has 1 aliphatic rings. The van der Waals surface area contributed by atoms with Crippen LogP contribution in [0.3, 0.4) is 0 Å². The maximum absolute atomic E-state index is 12.7. The zero-order chi connectivity index (χ0) is 26.5. The second kappa shape index (κ2) is 15.3. The molecular formula is C20H32N4O10S. The van der Waals surface area contributed by atoms with Gasteiger partial charge in [0.25, 0.3) is 0 Å². The number of carbonyl (C=O) groups is 6. The van der Waals surface area contributed by atoms with Crippen LogP contribution in [-0.2, 0) is 38.2 Å². The lowest BCUT2D eigenvalue weighted by Gasteiger charge is -2.18. The van der Waals surface area contributed by atoms with E-state index in [-0.39, 0.29) is 58.0 Å². The van der Waals surface area contributed by atoms with Crippen LogP contribution in [0.25, 0.3) is 0 Å². The molecule has 0 aromatic carbocycles. The molecule has 0 aromatic rings. The van der Waals surface area contributed by atoms with E-state index in [4.69, 9.17) is 31.2 Å². The van der Waals surface area contributed by atoms with Crippen molar-refractivity contribution < 1.29 is 48.5 Å². The predicted octanol–water partition coefficient (Wildman–Crippen LogP) is -2.24. The van der Waals surface area contributed by atoms with Crippen LogP contribution in [0, 0.1) is 5.92 Å². The number of rotatable bonds is 18. The van der Waals surface area contributed by atoms with Gasteiger partial charge >= 0.3 is 11.9 Å². The van der Waals surface area contributed by atoms with E-state index >= 15 is 0 Å². The quantitative estimate of drug-likeness (QED) is 0.0954. The number of hydrogen-bond acceptors (Lipinski definition) is 10. The van der Waals surface area contributed by atoms with Crippen molar-refractivity contribution in [3.8, 4) is 0 Å². The number of hydrogen-bond donors (Lipinski definition) is 5. The van der Waals surface area contributed by atoms with Gasteiger partial charge in [0.2, 0.25) is 23.6 Å². The molecule has 14 nitrogen and oxygen atoms in total. The van der Waals surface area contributed by atoms with E-state index in [9.17, 15) is 28.8 Å². The number of imide groups is 1. The van der Waals surface area contributed by atoms with Gasteiger partial charge in [0.15, 0.2) is 0 Å². The van der Waals surface area contributed by atoms with Crippen molar-refractivity contribution in [2.45, 2.75) is 43.5 Å². The number of nitrogens with zero attached hydrogens (tertiary/aromatic N) is 1. The van der Waals surface area contributed by atoms with Gasteiger partial charge in [-0.15, -0.1) is 11.8 Å². The van der Waals surface area contributed by atoms with Gasteiger partial charge in [-0.05, 0) is 6.42 Å². The minimum atomic E-state index is -1.25. The van der Waals surface area contributed by atoms with Gasteiger partial charge < -0.3 is 36.5 Å². The maximum Gasteiger partial charge on any atom is 0.320 e. The third kappa shape index (κ3) is 10.6. The minimum absolute atomic E-state index is 0.0218. The molecule has 0 aromatic heterocycles. The summed E-state index contributed by atoms with van der Waals surface area (Å²) in [5.41, 5.74) is 10.7. The number of nitrogens with two attached hydrogens (primary N) is 2. The van der Waals surface area contributed by atoms with Crippen molar-refractivity contribution in [1.82, 2.24) is 10.2 Å². The Morgan fingerprint density at radius 3 is 2.26 bits per heavy atom. The Kier molecular flexibility index (Phi) is 13.2. The second-order valence-corrected chi connectivity index (χ2v) is 8.92. The summed E-state index contributed by atoms with van der Waals surface area (Å²) in [5.74, 6) is -5.23. The Labute approximate surface area is 206 Å². The molecule has 7 N–H and O–H groups in total. The van der Waals surface area contributed by atoms with Gasteiger partial charge in [0.1, 0.15) is 12.1 Å². The van der Waals surface area contributed by atoms with Crippen LogP contribution >= 0.6 is 11.8 Å². The Morgan fingerprint density at radius 2 is 1.69 bits per heavy atom. The molecule has 15 heteroatoms. The molecule has 4 amide bonds. The number of ether oxygens (including phenoxy) is 2. The topological polar surface area (TPSA) is 229 Å². The van der Waals surface area contributed by atoms with Crippen molar-refractivity contribution in [2.24, 2.45) is 17.4 Å². The zero-order valence-corrected chi connectivity index (χ0v) is 20.2. The highest BCUT2D eigenvalue weighted by Gasteiger charge is 2.45.